The molecule has 0 radical (unpaired) electrons. The van der Waals surface area contributed by atoms with E-state index in [0.717, 1.165) is 37.2 Å². The lowest BCUT2D eigenvalue weighted by molar-refractivity contribution is 0.0718. The van der Waals surface area contributed by atoms with Crippen LogP contribution in [0.1, 0.15) is 40.9 Å². The number of likely N-dealkylation sites (tertiary alicyclic amines) is 1. The van der Waals surface area contributed by atoms with E-state index in [9.17, 15) is 4.79 Å². The standard InChI is InChI=1S/C17H21N3O/c1-12-6-7-14(10-13(12)2)15-11-16(19-18-15)17(21)20-8-4-3-5-9-20/h6-7,10-11H,3-5,8-9H2,1-2H3,(H,18,19). The lowest BCUT2D eigenvalue weighted by Gasteiger charge is -2.25. The van der Waals surface area contributed by atoms with Crippen molar-refractivity contribution in [3.8, 4) is 11.3 Å². The monoisotopic (exact) mass is 283 g/mol. The number of H-pyrrole nitrogens is 1. The number of carbonyl (C=O) groups is 1. The number of rotatable bonds is 2. The Morgan fingerprint density at radius 3 is 2.57 bits per heavy atom. The Hall–Kier alpha value is -2.10. The molecule has 0 aliphatic carbocycles. The maximum Gasteiger partial charge on any atom is 0.271 e. The number of carbonyl (C=O) groups excluding carboxylic acids is 1. The van der Waals surface area contributed by atoms with Crippen LogP contribution in [0.3, 0.4) is 0 Å². The molecule has 4 nitrogen and oxygen atoms in total. The molecule has 0 bridgehead atoms. The first-order valence-electron chi connectivity index (χ1n) is 7.57. The summed E-state index contributed by atoms with van der Waals surface area (Å²) in [5, 5.41) is 7.19. The van der Waals surface area contributed by atoms with E-state index in [1.165, 1.54) is 17.5 Å². The lowest BCUT2D eigenvalue weighted by atomic mass is 10.0. The highest BCUT2D eigenvalue weighted by atomic mass is 16.2. The van der Waals surface area contributed by atoms with Gasteiger partial charge in [-0.2, -0.15) is 5.10 Å². The number of aryl methyl sites for hydroxylation is 2. The Morgan fingerprint density at radius 1 is 1.10 bits per heavy atom. The van der Waals surface area contributed by atoms with E-state index in [1.807, 2.05) is 17.0 Å². The van der Waals surface area contributed by atoms with Crippen LogP contribution in [0.25, 0.3) is 11.3 Å². The Kier molecular flexibility index (Phi) is 3.78. The quantitative estimate of drug-likeness (QED) is 0.919. The molecule has 1 N–H and O–H groups in total. The Balaban J connectivity index is 1.82. The second-order valence-electron chi connectivity index (χ2n) is 5.82. The van der Waals surface area contributed by atoms with Gasteiger partial charge in [0, 0.05) is 18.7 Å². The molecule has 1 fully saturated rings. The largest absolute Gasteiger partial charge is 0.337 e. The van der Waals surface area contributed by atoms with Gasteiger partial charge in [0.05, 0.1) is 5.69 Å². The molecule has 21 heavy (non-hydrogen) atoms. The number of piperidine rings is 1. The Bertz CT molecular complexity index is 654. The Labute approximate surface area is 125 Å². The summed E-state index contributed by atoms with van der Waals surface area (Å²) in [5.41, 5.74) is 4.97. The van der Waals surface area contributed by atoms with E-state index in [4.69, 9.17) is 0 Å². The molecule has 1 aromatic heterocycles. The number of hydrogen-bond donors (Lipinski definition) is 1. The normalized spacial score (nSPS) is 15.2. The van der Waals surface area contributed by atoms with Gasteiger partial charge in [0.15, 0.2) is 0 Å². The van der Waals surface area contributed by atoms with Crippen LogP contribution in [0.2, 0.25) is 0 Å². The molecule has 1 aliphatic rings. The summed E-state index contributed by atoms with van der Waals surface area (Å²) >= 11 is 0. The molecule has 3 rings (SSSR count). The molecule has 1 saturated heterocycles. The van der Waals surface area contributed by atoms with Crippen molar-refractivity contribution in [1.82, 2.24) is 15.1 Å². The van der Waals surface area contributed by atoms with E-state index in [2.05, 4.69) is 36.2 Å². The van der Waals surface area contributed by atoms with Crippen molar-refractivity contribution >= 4 is 5.91 Å². The lowest BCUT2D eigenvalue weighted by Crippen LogP contribution is -2.35. The Morgan fingerprint density at radius 2 is 1.86 bits per heavy atom. The molecule has 0 saturated carbocycles. The molecular weight excluding hydrogens is 262 g/mol. The average Bonchev–Trinajstić information content (AvgIpc) is 3.00. The van der Waals surface area contributed by atoms with Crippen molar-refractivity contribution in [2.45, 2.75) is 33.1 Å². The first-order valence-corrected chi connectivity index (χ1v) is 7.57. The minimum Gasteiger partial charge on any atom is -0.337 e. The molecule has 2 aromatic rings. The minimum atomic E-state index is 0.0669. The maximum atomic E-state index is 12.4. The molecule has 0 spiro atoms. The van der Waals surface area contributed by atoms with Gasteiger partial charge in [-0.15, -0.1) is 0 Å². The zero-order valence-corrected chi connectivity index (χ0v) is 12.6. The molecule has 110 valence electrons. The predicted octanol–water partition coefficient (Wildman–Crippen LogP) is 3.32. The number of amides is 1. The van der Waals surface area contributed by atoms with Gasteiger partial charge >= 0.3 is 0 Å². The molecular formula is C17H21N3O. The van der Waals surface area contributed by atoms with Gasteiger partial charge in [0.1, 0.15) is 5.69 Å². The highest BCUT2D eigenvalue weighted by molar-refractivity contribution is 5.93. The fourth-order valence-electron chi connectivity index (χ4n) is 2.75. The highest BCUT2D eigenvalue weighted by Gasteiger charge is 2.20. The first kappa shape index (κ1) is 13.9. The van der Waals surface area contributed by atoms with Crippen molar-refractivity contribution in [2.24, 2.45) is 0 Å². The summed E-state index contributed by atoms with van der Waals surface area (Å²) in [6.07, 6.45) is 3.43. The molecule has 4 heteroatoms. The summed E-state index contributed by atoms with van der Waals surface area (Å²) in [7, 11) is 0. The summed E-state index contributed by atoms with van der Waals surface area (Å²) in [6.45, 7) is 5.90. The van der Waals surface area contributed by atoms with Gasteiger partial charge in [-0.25, -0.2) is 0 Å². The molecule has 0 atom stereocenters. The van der Waals surface area contributed by atoms with E-state index >= 15 is 0 Å². The predicted molar refractivity (Wildman–Crippen MR) is 83.3 cm³/mol. The summed E-state index contributed by atoms with van der Waals surface area (Å²) in [6, 6.07) is 8.11. The van der Waals surface area contributed by atoms with Crippen molar-refractivity contribution in [2.75, 3.05) is 13.1 Å². The number of nitrogens with zero attached hydrogens (tertiary/aromatic N) is 2. The topological polar surface area (TPSA) is 49.0 Å². The van der Waals surface area contributed by atoms with E-state index in [0.29, 0.717) is 5.69 Å². The average molecular weight is 283 g/mol. The fourth-order valence-corrected chi connectivity index (χ4v) is 2.75. The molecule has 1 aromatic carbocycles. The van der Waals surface area contributed by atoms with Crippen LogP contribution in [0.15, 0.2) is 24.3 Å². The summed E-state index contributed by atoms with van der Waals surface area (Å²) in [5.74, 6) is 0.0669. The summed E-state index contributed by atoms with van der Waals surface area (Å²) in [4.78, 5) is 14.3. The number of aromatic nitrogens is 2. The number of nitrogens with one attached hydrogen (secondary N) is 1. The van der Waals surface area contributed by atoms with Crippen LogP contribution >= 0.6 is 0 Å². The zero-order chi connectivity index (χ0) is 14.8. The van der Waals surface area contributed by atoms with Gasteiger partial charge in [-0.05, 0) is 56.4 Å². The van der Waals surface area contributed by atoms with Crippen molar-refractivity contribution < 1.29 is 4.79 Å². The van der Waals surface area contributed by atoms with Crippen molar-refractivity contribution in [3.05, 3.63) is 41.1 Å². The fraction of sp³-hybridized carbons (Fsp3) is 0.412. The SMILES string of the molecule is Cc1ccc(-c2cc(C(=O)N3CCCCC3)[nH]n2)cc1C. The van der Waals surface area contributed by atoms with E-state index in [-0.39, 0.29) is 5.91 Å². The van der Waals surface area contributed by atoms with Crippen molar-refractivity contribution in [3.63, 3.8) is 0 Å². The minimum absolute atomic E-state index is 0.0669. The van der Waals surface area contributed by atoms with Crippen LogP contribution in [-0.4, -0.2) is 34.1 Å². The van der Waals surface area contributed by atoms with Crippen molar-refractivity contribution in [1.29, 1.82) is 0 Å². The van der Waals surface area contributed by atoms with Crippen LogP contribution in [0, 0.1) is 13.8 Å². The smallest absolute Gasteiger partial charge is 0.271 e. The number of benzene rings is 1. The van der Waals surface area contributed by atoms with Crippen LogP contribution in [0.5, 0.6) is 0 Å². The highest BCUT2D eigenvalue weighted by Crippen LogP contribution is 2.22. The third-order valence-electron chi connectivity index (χ3n) is 4.25. The van der Waals surface area contributed by atoms with E-state index < -0.39 is 0 Å². The molecule has 0 unspecified atom stereocenters. The summed E-state index contributed by atoms with van der Waals surface area (Å²) < 4.78 is 0. The zero-order valence-electron chi connectivity index (χ0n) is 12.6. The number of hydrogen-bond acceptors (Lipinski definition) is 2. The van der Waals surface area contributed by atoms with E-state index in [1.54, 1.807) is 0 Å². The van der Waals surface area contributed by atoms with Gasteiger partial charge in [-0.3, -0.25) is 9.89 Å². The number of aromatic amines is 1. The molecule has 2 heterocycles. The third-order valence-corrected chi connectivity index (χ3v) is 4.25. The van der Waals surface area contributed by atoms with Crippen LogP contribution in [0.4, 0.5) is 0 Å². The molecule has 1 amide bonds. The molecule has 1 aliphatic heterocycles. The van der Waals surface area contributed by atoms with Crippen LogP contribution < -0.4 is 0 Å². The van der Waals surface area contributed by atoms with Gasteiger partial charge < -0.3 is 4.90 Å². The second-order valence-corrected chi connectivity index (χ2v) is 5.82. The van der Waals surface area contributed by atoms with Gasteiger partial charge in [0.2, 0.25) is 0 Å². The first-order chi connectivity index (χ1) is 10.1. The second kappa shape index (κ2) is 5.72. The van der Waals surface area contributed by atoms with Gasteiger partial charge in [0.25, 0.3) is 5.91 Å². The van der Waals surface area contributed by atoms with Gasteiger partial charge in [-0.1, -0.05) is 12.1 Å². The van der Waals surface area contributed by atoms with Crippen LogP contribution in [-0.2, 0) is 0 Å². The third kappa shape index (κ3) is 2.84. The maximum absolute atomic E-state index is 12.4.